The summed E-state index contributed by atoms with van der Waals surface area (Å²) in [5, 5.41) is 4.92. The van der Waals surface area contributed by atoms with E-state index in [1.54, 1.807) is 48.7 Å². The van der Waals surface area contributed by atoms with Gasteiger partial charge < -0.3 is 4.57 Å². The fraction of sp³-hybridized carbons (Fsp3) is 0.200. The van der Waals surface area contributed by atoms with Crippen LogP contribution in [0.5, 0.6) is 0 Å². The normalized spacial score (nSPS) is 15.6. The molecule has 1 amide bonds. The van der Waals surface area contributed by atoms with E-state index in [0.717, 1.165) is 11.6 Å². The van der Waals surface area contributed by atoms with E-state index in [-0.39, 0.29) is 17.8 Å². The maximum atomic E-state index is 15.2. The van der Waals surface area contributed by atoms with E-state index < -0.39 is 35.2 Å². The molecule has 0 radical (unpaired) electrons. The van der Waals surface area contributed by atoms with Crippen molar-refractivity contribution >= 4 is 57.5 Å². The molecule has 0 saturated carbocycles. The Morgan fingerprint density at radius 2 is 1.56 bits per heavy atom. The smallest absolute Gasteiger partial charge is 0.340 e. The molecule has 2 heterocycles. The molecular formula is C30H20Cl2F7N3O. The van der Waals surface area contributed by atoms with Crippen molar-refractivity contribution in [2.75, 3.05) is 5.01 Å². The minimum atomic E-state index is -6.63. The number of hydrogen-bond donors (Lipinski definition) is 0. The summed E-state index contributed by atoms with van der Waals surface area (Å²) in [6, 6.07) is 17.0. The van der Waals surface area contributed by atoms with Crippen molar-refractivity contribution < 1.29 is 35.5 Å². The van der Waals surface area contributed by atoms with Crippen LogP contribution in [-0.2, 0) is 11.3 Å². The van der Waals surface area contributed by atoms with Crippen LogP contribution in [-0.4, -0.2) is 34.2 Å². The Bertz CT molecular complexity index is 1810. The molecule has 0 N–H and O–H groups in total. The first-order valence-electron chi connectivity index (χ1n) is 12.6. The number of hydrogen-bond acceptors (Lipinski definition) is 2. The van der Waals surface area contributed by atoms with Crippen LogP contribution in [0.4, 0.5) is 36.4 Å². The summed E-state index contributed by atoms with van der Waals surface area (Å²) in [6.45, 7) is 3.51. The van der Waals surface area contributed by atoms with Crippen LogP contribution in [0.25, 0.3) is 17.0 Å². The molecule has 13 heteroatoms. The number of rotatable bonds is 6. The highest BCUT2D eigenvalue weighted by molar-refractivity contribution is 6.35. The second-order valence-electron chi connectivity index (χ2n) is 9.95. The lowest BCUT2D eigenvalue weighted by Crippen LogP contribution is -2.56. The van der Waals surface area contributed by atoms with E-state index in [4.69, 9.17) is 23.2 Å². The number of nitrogens with zero attached hydrogens (tertiary/aromatic N) is 3. The first kappa shape index (κ1) is 30.6. The van der Waals surface area contributed by atoms with Crippen LogP contribution in [0, 0.1) is 13.8 Å². The minimum absolute atomic E-state index is 0.105. The predicted molar refractivity (Wildman–Crippen MR) is 152 cm³/mol. The lowest BCUT2D eigenvalue weighted by molar-refractivity contribution is -0.336. The minimum Gasteiger partial charge on any atom is -0.340 e. The third-order valence-electron chi connectivity index (χ3n) is 7.09. The summed E-state index contributed by atoms with van der Waals surface area (Å²) in [5.74, 6) is -13.7. The lowest BCUT2D eigenvalue weighted by Gasteiger charge is -2.27. The molecule has 224 valence electrons. The van der Waals surface area contributed by atoms with Crippen molar-refractivity contribution in [1.82, 2.24) is 4.57 Å². The Morgan fingerprint density at radius 1 is 0.884 bits per heavy atom. The SMILES string of the molecule is Cc1ccc2c(c1)c(/C=C1/C(=O)N(c3ccccc3)N=C1C(F)(F)C(F)(F)C(F)(F)F)c(C)n2Cc1ccc(Cl)cc1Cl. The summed E-state index contributed by atoms with van der Waals surface area (Å²) in [7, 11) is 0. The zero-order valence-electron chi connectivity index (χ0n) is 22.3. The first-order valence-corrected chi connectivity index (χ1v) is 13.4. The van der Waals surface area contributed by atoms with Crippen LogP contribution in [0.2, 0.25) is 10.0 Å². The molecule has 0 saturated heterocycles. The van der Waals surface area contributed by atoms with Crippen LogP contribution < -0.4 is 5.01 Å². The standard InChI is InChI=1S/C30H20Cl2F7N3O/c1-16-8-11-25-22(12-16)21(17(2)41(25)15-18-9-10-19(31)13-24(18)32)14-23-26(28(33,34)29(35,36)30(37,38)39)40-42(27(23)43)20-6-4-3-5-7-20/h3-14H,15H2,1-2H3/b23-14+. The molecule has 0 unspecified atom stereocenters. The second-order valence-corrected chi connectivity index (χ2v) is 10.8. The van der Waals surface area contributed by atoms with Gasteiger partial charge in [0.1, 0.15) is 0 Å². The molecule has 5 rings (SSSR count). The molecule has 4 aromatic rings. The van der Waals surface area contributed by atoms with Gasteiger partial charge in [-0.2, -0.15) is 40.8 Å². The summed E-state index contributed by atoms with van der Waals surface area (Å²) in [5.41, 5.74) is -0.722. The third kappa shape index (κ3) is 5.18. The van der Waals surface area contributed by atoms with Crippen molar-refractivity contribution in [3.05, 3.63) is 105 Å². The Balaban J connectivity index is 1.74. The average Bonchev–Trinajstić information content (AvgIpc) is 3.39. The van der Waals surface area contributed by atoms with Gasteiger partial charge in [-0.25, -0.2) is 0 Å². The van der Waals surface area contributed by atoms with Gasteiger partial charge in [-0.3, -0.25) is 4.79 Å². The quantitative estimate of drug-likeness (QED) is 0.153. The Hall–Kier alpha value is -3.83. The molecular weight excluding hydrogens is 622 g/mol. The number of hydrazone groups is 1. The van der Waals surface area contributed by atoms with E-state index >= 15 is 8.78 Å². The Morgan fingerprint density at radius 3 is 2.19 bits per heavy atom. The van der Waals surface area contributed by atoms with E-state index in [1.807, 2.05) is 0 Å². The van der Waals surface area contributed by atoms with Crippen molar-refractivity contribution in [2.24, 2.45) is 5.10 Å². The largest absolute Gasteiger partial charge is 0.460 e. The number of aryl methyl sites for hydroxylation is 1. The van der Waals surface area contributed by atoms with Gasteiger partial charge >= 0.3 is 18.0 Å². The molecule has 3 aromatic carbocycles. The van der Waals surface area contributed by atoms with E-state index in [2.05, 4.69) is 5.10 Å². The van der Waals surface area contributed by atoms with Crippen LogP contribution in [0.15, 0.2) is 77.4 Å². The number of carbonyl (C=O) groups excluding carboxylic acids is 1. The fourth-order valence-corrected chi connectivity index (χ4v) is 5.29. The molecule has 1 aliphatic rings. The topological polar surface area (TPSA) is 37.6 Å². The van der Waals surface area contributed by atoms with Crippen LogP contribution in [0.1, 0.15) is 22.4 Å². The van der Waals surface area contributed by atoms with Gasteiger partial charge in [0.25, 0.3) is 5.91 Å². The molecule has 0 fully saturated rings. The van der Waals surface area contributed by atoms with Gasteiger partial charge in [0.05, 0.1) is 11.3 Å². The van der Waals surface area contributed by atoms with Gasteiger partial charge in [-0.15, -0.1) is 0 Å². The zero-order valence-corrected chi connectivity index (χ0v) is 23.8. The molecule has 43 heavy (non-hydrogen) atoms. The second kappa shape index (κ2) is 10.7. The van der Waals surface area contributed by atoms with Crippen molar-refractivity contribution in [2.45, 2.75) is 38.4 Å². The molecule has 0 atom stereocenters. The summed E-state index contributed by atoms with van der Waals surface area (Å²) in [4.78, 5) is 13.5. The van der Waals surface area contributed by atoms with Crippen molar-refractivity contribution in [3.63, 3.8) is 0 Å². The zero-order chi connectivity index (χ0) is 31.5. The van der Waals surface area contributed by atoms with E-state index in [1.165, 1.54) is 36.4 Å². The molecule has 1 aromatic heterocycles. The highest BCUT2D eigenvalue weighted by Gasteiger charge is 2.76. The number of amides is 1. The molecule has 0 bridgehead atoms. The number of para-hydroxylation sites is 1. The summed E-state index contributed by atoms with van der Waals surface area (Å²) >= 11 is 12.4. The van der Waals surface area contributed by atoms with Crippen molar-refractivity contribution in [3.8, 4) is 0 Å². The number of benzene rings is 3. The van der Waals surface area contributed by atoms with Gasteiger partial charge in [-0.1, -0.05) is 59.1 Å². The Kier molecular flexibility index (Phi) is 7.63. The molecule has 4 nitrogen and oxygen atoms in total. The van der Waals surface area contributed by atoms with Gasteiger partial charge in [0.2, 0.25) is 0 Å². The molecule has 0 spiro atoms. The predicted octanol–water partition coefficient (Wildman–Crippen LogP) is 9.23. The van der Waals surface area contributed by atoms with Gasteiger partial charge in [-0.05, 0) is 61.9 Å². The van der Waals surface area contributed by atoms with Gasteiger partial charge in [0, 0.05) is 38.8 Å². The first-order chi connectivity index (χ1) is 20.0. The van der Waals surface area contributed by atoms with E-state index in [0.29, 0.717) is 37.2 Å². The van der Waals surface area contributed by atoms with E-state index in [9.17, 15) is 26.7 Å². The molecule has 1 aliphatic heterocycles. The van der Waals surface area contributed by atoms with Crippen molar-refractivity contribution in [1.29, 1.82) is 0 Å². The Labute approximate surface area is 250 Å². The number of anilines is 1. The maximum absolute atomic E-state index is 15.2. The highest BCUT2D eigenvalue weighted by Crippen LogP contribution is 2.49. The lowest BCUT2D eigenvalue weighted by atomic mass is 9.96. The fourth-order valence-electron chi connectivity index (χ4n) is 4.82. The van der Waals surface area contributed by atoms with Gasteiger partial charge in [0.15, 0.2) is 5.71 Å². The highest BCUT2D eigenvalue weighted by atomic mass is 35.5. The van der Waals surface area contributed by atoms with Crippen LogP contribution >= 0.6 is 23.2 Å². The summed E-state index contributed by atoms with van der Waals surface area (Å²) < 4.78 is 100. The number of carbonyl (C=O) groups is 1. The average molecular weight is 642 g/mol. The molecule has 0 aliphatic carbocycles. The summed E-state index contributed by atoms with van der Waals surface area (Å²) in [6.07, 6.45) is -5.74. The number of alkyl halides is 7. The number of aromatic nitrogens is 1. The van der Waals surface area contributed by atoms with Crippen LogP contribution in [0.3, 0.4) is 0 Å². The number of halogens is 9. The number of fused-ring (bicyclic) bond motifs is 1. The monoisotopic (exact) mass is 641 g/mol. The maximum Gasteiger partial charge on any atom is 0.460 e. The third-order valence-corrected chi connectivity index (χ3v) is 7.67.